The second-order valence-electron chi connectivity index (χ2n) is 4.46. The molecule has 0 bridgehead atoms. The number of nitrogen functional groups attached to an aromatic ring is 1. The summed E-state index contributed by atoms with van der Waals surface area (Å²) < 4.78 is 11.1. The topological polar surface area (TPSA) is 70.3 Å². The Hall–Kier alpha value is -2.30. The summed E-state index contributed by atoms with van der Waals surface area (Å²) in [5, 5.41) is 0. The average molecular weight is 273 g/mol. The highest BCUT2D eigenvalue weighted by Gasteiger charge is 2.02. The standard InChI is InChI=1S/C15H19N3O2/c1-3-8-19-12-4-6-13(7-5-12)20-10-15-17-11(2)9-14(16)18-15/h4-7,9H,3,8,10H2,1-2H3,(H2,16,17,18). The average Bonchev–Trinajstić information content (AvgIpc) is 2.43. The molecule has 2 aromatic rings. The maximum absolute atomic E-state index is 5.67. The van der Waals surface area contributed by atoms with E-state index in [2.05, 4.69) is 16.9 Å². The van der Waals surface area contributed by atoms with Gasteiger partial charge < -0.3 is 15.2 Å². The summed E-state index contributed by atoms with van der Waals surface area (Å²) in [6, 6.07) is 9.23. The molecule has 0 fully saturated rings. The lowest BCUT2D eigenvalue weighted by atomic mass is 10.3. The highest BCUT2D eigenvalue weighted by Crippen LogP contribution is 2.18. The first-order chi connectivity index (χ1) is 9.67. The number of nitrogens with two attached hydrogens (primary N) is 1. The molecule has 0 aliphatic rings. The van der Waals surface area contributed by atoms with Gasteiger partial charge in [0.05, 0.1) is 6.61 Å². The lowest BCUT2D eigenvalue weighted by molar-refractivity contribution is 0.293. The molecule has 0 radical (unpaired) electrons. The van der Waals surface area contributed by atoms with Gasteiger partial charge in [-0.1, -0.05) is 6.92 Å². The molecule has 0 unspecified atom stereocenters. The van der Waals surface area contributed by atoms with Crippen molar-refractivity contribution in [1.82, 2.24) is 9.97 Å². The zero-order chi connectivity index (χ0) is 14.4. The Balaban J connectivity index is 1.93. The molecule has 1 aromatic heterocycles. The third-order valence-electron chi connectivity index (χ3n) is 2.58. The van der Waals surface area contributed by atoms with Crippen LogP contribution in [0.2, 0.25) is 0 Å². The normalized spacial score (nSPS) is 10.3. The molecule has 0 saturated carbocycles. The van der Waals surface area contributed by atoms with Crippen LogP contribution in [0.15, 0.2) is 30.3 Å². The predicted molar refractivity (Wildman–Crippen MR) is 77.7 cm³/mol. The SMILES string of the molecule is CCCOc1ccc(OCc2nc(C)cc(N)n2)cc1. The van der Waals surface area contributed by atoms with Crippen LogP contribution in [-0.2, 0) is 6.61 Å². The Kier molecular flexibility index (Phi) is 4.76. The lowest BCUT2D eigenvalue weighted by Gasteiger charge is -2.08. The Morgan fingerprint density at radius 1 is 1.05 bits per heavy atom. The van der Waals surface area contributed by atoms with Gasteiger partial charge in [-0.05, 0) is 37.6 Å². The number of aryl methyl sites for hydroxylation is 1. The van der Waals surface area contributed by atoms with Gasteiger partial charge in [-0.25, -0.2) is 9.97 Å². The van der Waals surface area contributed by atoms with Crippen LogP contribution in [-0.4, -0.2) is 16.6 Å². The molecule has 2 rings (SSSR count). The summed E-state index contributed by atoms with van der Waals surface area (Å²) in [7, 11) is 0. The second-order valence-corrected chi connectivity index (χ2v) is 4.46. The van der Waals surface area contributed by atoms with Crippen molar-refractivity contribution in [2.24, 2.45) is 0 Å². The Morgan fingerprint density at radius 2 is 1.70 bits per heavy atom. The first-order valence-corrected chi connectivity index (χ1v) is 6.63. The van der Waals surface area contributed by atoms with Gasteiger partial charge in [-0.15, -0.1) is 0 Å². The van der Waals surface area contributed by atoms with E-state index in [0.717, 1.165) is 30.2 Å². The molecule has 0 aliphatic carbocycles. The van der Waals surface area contributed by atoms with Crippen molar-refractivity contribution in [1.29, 1.82) is 0 Å². The molecule has 1 heterocycles. The van der Waals surface area contributed by atoms with Gasteiger partial charge in [0.25, 0.3) is 0 Å². The minimum absolute atomic E-state index is 0.293. The summed E-state index contributed by atoms with van der Waals surface area (Å²) in [5.41, 5.74) is 6.50. The van der Waals surface area contributed by atoms with Gasteiger partial charge in [-0.3, -0.25) is 0 Å². The summed E-state index contributed by atoms with van der Waals surface area (Å²) in [4.78, 5) is 8.39. The van der Waals surface area contributed by atoms with E-state index in [9.17, 15) is 0 Å². The van der Waals surface area contributed by atoms with Gasteiger partial charge in [0, 0.05) is 11.8 Å². The Labute approximate surface area is 118 Å². The Morgan fingerprint density at radius 3 is 2.30 bits per heavy atom. The van der Waals surface area contributed by atoms with E-state index in [1.165, 1.54) is 0 Å². The molecule has 0 spiro atoms. The van der Waals surface area contributed by atoms with E-state index in [1.54, 1.807) is 6.07 Å². The van der Waals surface area contributed by atoms with Gasteiger partial charge in [0.1, 0.15) is 23.9 Å². The number of hydrogen-bond acceptors (Lipinski definition) is 5. The minimum atomic E-state index is 0.293. The molecular weight excluding hydrogens is 254 g/mol. The molecule has 0 saturated heterocycles. The van der Waals surface area contributed by atoms with Crippen LogP contribution in [0.4, 0.5) is 5.82 Å². The van der Waals surface area contributed by atoms with Crippen LogP contribution in [0.1, 0.15) is 24.9 Å². The van der Waals surface area contributed by atoms with Crippen LogP contribution >= 0.6 is 0 Å². The first kappa shape index (κ1) is 14.1. The third-order valence-corrected chi connectivity index (χ3v) is 2.58. The molecule has 5 heteroatoms. The van der Waals surface area contributed by atoms with Crippen molar-refractivity contribution in [3.8, 4) is 11.5 Å². The molecule has 106 valence electrons. The summed E-state index contributed by atoms with van der Waals surface area (Å²) in [6.07, 6.45) is 0.990. The van der Waals surface area contributed by atoms with E-state index in [0.29, 0.717) is 18.2 Å². The largest absolute Gasteiger partial charge is 0.494 e. The minimum Gasteiger partial charge on any atom is -0.494 e. The van der Waals surface area contributed by atoms with E-state index in [-0.39, 0.29) is 0 Å². The maximum atomic E-state index is 5.67. The number of aromatic nitrogens is 2. The predicted octanol–water partition coefficient (Wildman–Crippen LogP) is 2.74. The van der Waals surface area contributed by atoms with Crippen LogP contribution in [0.25, 0.3) is 0 Å². The van der Waals surface area contributed by atoms with Crippen LogP contribution in [0, 0.1) is 6.92 Å². The first-order valence-electron chi connectivity index (χ1n) is 6.63. The number of nitrogens with zero attached hydrogens (tertiary/aromatic N) is 2. The Bertz CT molecular complexity index is 535. The van der Waals surface area contributed by atoms with Crippen LogP contribution < -0.4 is 15.2 Å². The van der Waals surface area contributed by atoms with E-state index in [4.69, 9.17) is 15.2 Å². The van der Waals surface area contributed by atoms with Gasteiger partial charge in [-0.2, -0.15) is 0 Å². The molecule has 2 N–H and O–H groups in total. The second kappa shape index (κ2) is 6.75. The molecule has 1 aromatic carbocycles. The maximum Gasteiger partial charge on any atom is 0.168 e. The summed E-state index contributed by atoms with van der Waals surface area (Å²) >= 11 is 0. The number of rotatable bonds is 6. The molecule has 5 nitrogen and oxygen atoms in total. The quantitative estimate of drug-likeness (QED) is 0.876. The number of anilines is 1. The summed E-state index contributed by atoms with van der Waals surface area (Å²) in [6.45, 7) is 4.96. The molecule has 0 atom stereocenters. The van der Waals surface area contributed by atoms with Crippen molar-refractivity contribution in [3.05, 3.63) is 41.9 Å². The zero-order valence-corrected chi connectivity index (χ0v) is 11.8. The monoisotopic (exact) mass is 273 g/mol. The van der Waals surface area contributed by atoms with E-state index < -0.39 is 0 Å². The highest BCUT2D eigenvalue weighted by molar-refractivity contribution is 5.32. The van der Waals surface area contributed by atoms with E-state index in [1.807, 2.05) is 31.2 Å². The zero-order valence-electron chi connectivity index (χ0n) is 11.8. The number of ether oxygens (including phenoxy) is 2. The number of hydrogen-bond donors (Lipinski definition) is 1. The van der Waals surface area contributed by atoms with Crippen molar-refractivity contribution in [2.75, 3.05) is 12.3 Å². The van der Waals surface area contributed by atoms with E-state index >= 15 is 0 Å². The fourth-order valence-corrected chi connectivity index (χ4v) is 1.72. The fraction of sp³-hybridized carbons (Fsp3) is 0.333. The van der Waals surface area contributed by atoms with Crippen LogP contribution in [0.5, 0.6) is 11.5 Å². The van der Waals surface area contributed by atoms with Crippen molar-refractivity contribution in [2.45, 2.75) is 26.9 Å². The molecule has 0 aliphatic heterocycles. The summed E-state index contributed by atoms with van der Waals surface area (Å²) in [5.74, 6) is 2.63. The highest BCUT2D eigenvalue weighted by atomic mass is 16.5. The number of benzene rings is 1. The fourth-order valence-electron chi connectivity index (χ4n) is 1.72. The molecular formula is C15H19N3O2. The van der Waals surface area contributed by atoms with Crippen LogP contribution in [0.3, 0.4) is 0 Å². The lowest BCUT2D eigenvalue weighted by Crippen LogP contribution is -2.05. The molecule has 0 amide bonds. The van der Waals surface area contributed by atoms with Crippen molar-refractivity contribution >= 4 is 5.82 Å². The van der Waals surface area contributed by atoms with Crippen molar-refractivity contribution < 1.29 is 9.47 Å². The van der Waals surface area contributed by atoms with Gasteiger partial charge >= 0.3 is 0 Å². The smallest absolute Gasteiger partial charge is 0.168 e. The van der Waals surface area contributed by atoms with Gasteiger partial charge in [0.15, 0.2) is 5.82 Å². The third kappa shape index (κ3) is 4.12. The molecule has 20 heavy (non-hydrogen) atoms. The van der Waals surface area contributed by atoms with Crippen molar-refractivity contribution in [3.63, 3.8) is 0 Å². The van der Waals surface area contributed by atoms with Gasteiger partial charge in [0.2, 0.25) is 0 Å².